The zero-order valence-corrected chi connectivity index (χ0v) is 12.9. The zero-order chi connectivity index (χ0) is 14.7. The van der Waals surface area contributed by atoms with Crippen LogP contribution in [0.3, 0.4) is 0 Å². The monoisotopic (exact) mass is 275 g/mol. The number of rotatable bonds is 4. The Labute approximate surface area is 121 Å². The van der Waals surface area contributed by atoms with Gasteiger partial charge in [0.25, 0.3) is 0 Å². The third kappa shape index (κ3) is 3.53. The summed E-state index contributed by atoms with van der Waals surface area (Å²) in [4.78, 5) is 13.8. The molecule has 3 atom stereocenters. The van der Waals surface area contributed by atoms with Crippen molar-refractivity contribution in [2.75, 3.05) is 6.54 Å². The Balaban J connectivity index is 2.06. The summed E-state index contributed by atoms with van der Waals surface area (Å²) < 4.78 is 5.37. The van der Waals surface area contributed by atoms with Gasteiger partial charge in [0.1, 0.15) is 5.76 Å². The lowest BCUT2D eigenvalue weighted by Crippen LogP contribution is -2.38. The van der Waals surface area contributed by atoms with Gasteiger partial charge in [-0.2, -0.15) is 0 Å². The molecule has 3 heteroatoms. The fourth-order valence-corrected chi connectivity index (χ4v) is 3.31. The van der Waals surface area contributed by atoms with Gasteiger partial charge >= 0.3 is 0 Å². The van der Waals surface area contributed by atoms with E-state index in [1.165, 1.54) is 5.57 Å². The second kappa shape index (κ2) is 6.29. The number of amides is 1. The summed E-state index contributed by atoms with van der Waals surface area (Å²) >= 11 is 0. The van der Waals surface area contributed by atoms with Gasteiger partial charge in [-0.05, 0) is 43.2 Å². The van der Waals surface area contributed by atoms with E-state index in [2.05, 4.69) is 26.8 Å². The molecule has 0 aromatic carbocycles. The first-order valence-corrected chi connectivity index (χ1v) is 7.42. The molecule has 0 fully saturated rings. The molecule has 1 aromatic rings. The van der Waals surface area contributed by atoms with Crippen molar-refractivity contribution in [1.29, 1.82) is 0 Å². The zero-order valence-electron chi connectivity index (χ0n) is 12.9. The fraction of sp³-hybridized carbons (Fsp3) is 0.588. The van der Waals surface area contributed by atoms with Crippen LogP contribution >= 0.6 is 0 Å². The van der Waals surface area contributed by atoms with E-state index in [-0.39, 0.29) is 5.91 Å². The van der Waals surface area contributed by atoms with Crippen LogP contribution in [-0.4, -0.2) is 17.4 Å². The van der Waals surface area contributed by atoms with Crippen LogP contribution in [0.15, 0.2) is 34.5 Å². The number of hydrogen-bond acceptors (Lipinski definition) is 2. The molecule has 0 aliphatic heterocycles. The number of nitrogens with zero attached hydrogens (tertiary/aromatic N) is 1. The van der Waals surface area contributed by atoms with Gasteiger partial charge in [0.2, 0.25) is 5.91 Å². The summed E-state index contributed by atoms with van der Waals surface area (Å²) in [6.45, 7) is 9.78. The predicted octanol–water partition coefficient (Wildman–Crippen LogP) is 3.87. The highest BCUT2D eigenvalue weighted by molar-refractivity contribution is 5.73. The molecular formula is C17H25NO2. The molecule has 0 bridgehead atoms. The number of hydrogen-bond donors (Lipinski definition) is 0. The van der Waals surface area contributed by atoms with E-state index in [1.54, 1.807) is 13.2 Å². The van der Waals surface area contributed by atoms with Crippen molar-refractivity contribution in [3.05, 3.63) is 35.8 Å². The number of carbonyl (C=O) groups excluding carboxylic acids is 1. The van der Waals surface area contributed by atoms with E-state index in [9.17, 15) is 4.79 Å². The van der Waals surface area contributed by atoms with E-state index in [0.29, 0.717) is 24.3 Å². The SMILES string of the molecule is CC(=O)N(Cc1ccco1)C[C@@H]1[C@H](C)C=C(C)C[C@@H]1C. The minimum atomic E-state index is 0.118. The summed E-state index contributed by atoms with van der Waals surface area (Å²) in [5.41, 5.74) is 1.47. The highest BCUT2D eigenvalue weighted by atomic mass is 16.3. The van der Waals surface area contributed by atoms with Crippen molar-refractivity contribution in [2.45, 2.75) is 40.7 Å². The van der Waals surface area contributed by atoms with Gasteiger partial charge in [-0.25, -0.2) is 0 Å². The molecule has 0 radical (unpaired) electrons. The van der Waals surface area contributed by atoms with Crippen LogP contribution in [0.4, 0.5) is 0 Å². The van der Waals surface area contributed by atoms with E-state index >= 15 is 0 Å². The fourth-order valence-electron chi connectivity index (χ4n) is 3.31. The molecule has 0 saturated heterocycles. The average Bonchev–Trinajstić information content (AvgIpc) is 2.84. The topological polar surface area (TPSA) is 33.5 Å². The lowest BCUT2D eigenvalue weighted by Gasteiger charge is -2.36. The molecule has 0 unspecified atom stereocenters. The lowest BCUT2D eigenvalue weighted by molar-refractivity contribution is -0.130. The van der Waals surface area contributed by atoms with Crippen LogP contribution in [0.1, 0.15) is 39.9 Å². The summed E-state index contributed by atoms with van der Waals surface area (Å²) in [7, 11) is 0. The van der Waals surface area contributed by atoms with Gasteiger partial charge in [-0.3, -0.25) is 4.79 Å². The van der Waals surface area contributed by atoms with Crippen molar-refractivity contribution in [2.24, 2.45) is 17.8 Å². The van der Waals surface area contributed by atoms with E-state index < -0.39 is 0 Å². The number of carbonyl (C=O) groups is 1. The summed E-state index contributed by atoms with van der Waals surface area (Å²) in [6, 6.07) is 3.79. The third-order valence-electron chi connectivity index (χ3n) is 4.40. The maximum absolute atomic E-state index is 11.9. The Hall–Kier alpha value is -1.51. The Morgan fingerprint density at radius 2 is 2.20 bits per heavy atom. The molecule has 3 nitrogen and oxygen atoms in total. The molecule has 1 aliphatic rings. The van der Waals surface area contributed by atoms with Crippen molar-refractivity contribution in [3.8, 4) is 0 Å². The van der Waals surface area contributed by atoms with E-state index in [0.717, 1.165) is 18.7 Å². The number of allylic oxidation sites excluding steroid dienone is 2. The molecule has 0 spiro atoms. The second-order valence-corrected chi connectivity index (χ2v) is 6.20. The molecular weight excluding hydrogens is 250 g/mol. The standard InChI is InChI=1S/C17H25NO2/c1-12-8-13(2)17(14(3)9-12)11-18(15(4)19)10-16-6-5-7-20-16/h5-8,13-14,17H,9-11H2,1-4H3/t13-,14+,17-/m1/s1. The Morgan fingerprint density at radius 1 is 1.45 bits per heavy atom. The third-order valence-corrected chi connectivity index (χ3v) is 4.40. The highest BCUT2D eigenvalue weighted by Gasteiger charge is 2.29. The van der Waals surface area contributed by atoms with Gasteiger partial charge in [-0.1, -0.05) is 25.5 Å². The van der Waals surface area contributed by atoms with Crippen LogP contribution < -0.4 is 0 Å². The second-order valence-electron chi connectivity index (χ2n) is 6.20. The maximum Gasteiger partial charge on any atom is 0.219 e. The van der Waals surface area contributed by atoms with Crippen molar-refractivity contribution >= 4 is 5.91 Å². The van der Waals surface area contributed by atoms with E-state index in [4.69, 9.17) is 4.42 Å². The normalized spacial score (nSPS) is 26.2. The molecule has 2 rings (SSSR count). The first kappa shape index (κ1) is 14.9. The Morgan fingerprint density at radius 3 is 2.75 bits per heavy atom. The molecule has 1 amide bonds. The van der Waals surface area contributed by atoms with Gasteiger partial charge in [0.15, 0.2) is 0 Å². The lowest BCUT2D eigenvalue weighted by atomic mass is 9.75. The molecule has 1 aliphatic carbocycles. The molecule has 110 valence electrons. The quantitative estimate of drug-likeness (QED) is 0.782. The minimum absolute atomic E-state index is 0.118. The Bertz CT molecular complexity index is 475. The molecule has 0 saturated carbocycles. The summed E-state index contributed by atoms with van der Waals surface area (Å²) in [5.74, 6) is 2.64. The van der Waals surface area contributed by atoms with Gasteiger partial charge in [0, 0.05) is 13.5 Å². The first-order chi connectivity index (χ1) is 9.47. The summed E-state index contributed by atoms with van der Waals surface area (Å²) in [5, 5.41) is 0. The highest BCUT2D eigenvalue weighted by Crippen LogP contribution is 2.34. The van der Waals surface area contributed by atoms with Crippen molar-refractivity contribution < 1.29 is 9.21 Å². The smallest absolute Gasteiger partial charge is 0.219 e. The van der Waals surface area contributed by atoms with Crippen LogP contribution in [0.25, 0.3) is 0 Å². The molecule has 1 heterocycles. The number of furan rings is 1. The van der Waals surface area contributed by atoms with Gasteiger partial charge < -0.3 is 9.32 Å². The molecule has 0 N–H and O–H groups in total. The molecule has 1 aromatic heterocycles. The van der Waals surface area contributed by atoms with Gasteiger partial charge in [-0.15, -0.1) is 0 Å². The van der Waals surface area contributed by atoms with Gasteiger partial charge in [0.05, 0.1) is 12.8 Å². The molecule has 20 heavy (non-hydrogen) atoms. The van der Waals surface area contributed by atoms with Crippen LogP contribution in [0.2, 0.25) is 0 Å². The van der Waals surface area contributed by atoms with Crippen LogP contribution in [0.5, 0.6) is 0 Å². The maximum atomic E-state index is 11.9. The minimum Gasteiger partial charge on any atom is -0.467 e. The van der Waals surface area contributed by atoms with Crippen molar-refractivity contribution in [1.82, 2.24) is 4.90 Å². The van der Waals surface area contributed by atoms with Crippen molar-refractivity contribution in [3.63, 3.8) is 0 Å². The first-order valence-electron chi connectivity index (χ1n) is 7.42. The predicted molar refractivity (Wildman–Crippen MR) is 80.0 cm³/mol. The summed E-state index contributed by atoms with van der Waals surface area (Å²) in [6.07, 6.45) is 5.16. The Kier molecular flexibility index (Phi) is 4.69. The van der Waals surface area contributed by atoms with E-state index in [1.807, 2.05) is 17.0 Å². The average molecular weight is 275 g/mol. The van der Waals surface area contributed by atoms with Crippen LogP contribution in [-0.2, 0) is 11.3 Å². The van der Waals surface area contributed by atoms with Crippen LogP contribution in [0, 0.1) is 17.8 Å². The largest absolute Gasteiger partial charge is 0.467 e.